The van der Waals surface area contributed by atoms with Gasteiger partial charge in [0.05, 0.1) is 11.6 Å². The molecule has 2 rings (SSSR count). The molecule has 1 N–H and O–H groups in total. The number of aromatic nitrogens is 1. The number of carbonyl (C=O) groups excluding carboxylic acids is 1. The first-order valence-electron chi connectivity index (χ1n) is 5.12. The fourth-order valence-corrected chi connectivity index (χ4v) is 1.59. The topological polar surface area (TPSA) is 65.8 Å². The first-order chi connectivity index (χ1) is 8.69. The lowest BCUT2D eigenvalue weighted by Gasteiger charge is -2.05. The molecule has 4 nitrogen and oxygen atoms in total. The summed E-state index contributed by atoms with van der Waals surface area (Å²) >= 11 is 5.71. The van der Waals surface area contributed by atoms with E-state index in [0.29, 0.717) is 16.8 Å². The van der Waals surface area contributed by atoms with Gasteiger partial charge in [-0.3, -0.25) is 4.79 Å². The van der Waals surface area contributed by atoms with Gasteiger partial charge in [0.1, 0.15) is 5.15 Å². The van der Waals surface area contributed by atoms with Crippen molar-refractivity contribution in [2.24, 2.45) is 0 Å². The summed E-state index contributed by atoms with van der Waals surface area (Å²) in [6.45, 7) is 0. The second-order valence-corrected chi connectivity index (χ2v) is 3.90. The number of carbonyl (C=O) groups is 1. The molecule has 0 spiro atoms. The van der Waals surface area contributed by atoms with Gasteiger partial charge in [-0.15, -0.1) is 0 Å². The molecule has 88 valence electrons. The van der Waals surface area contributed by atoms with E-state index in [4.69, 9.17) is 16.9 Å². The number of amides is 1. The molecule has 1 amide bonds. The molecule has 0 bridgehead atoms. The van der Waals surface area contributed by atoms with Crippen molar-refractivity contribution in [3.05, 3.63) is 58.9 Å². The van der Waals surface area contributed by atoms with Gasteiger partial charge < -0.3 is 5.32 Å². The highest BCUT2D eigenvalue weighted by atomic mass is 35.5. The summed E-state index contributed by atoms with van der Waals surface area (Å²) in [7, 11) is 0. The minimum Gasteiger partial charge on any atom is -0.322 e. The number of benzene rings is 1. The summed E-state index contributed by atoms with van der Waals surface area (Å²) in [6.07, 6.45) is 1.46. The van der Waals surface area contributed by atoms with Crippen LogP contribution < -0.4 is 5.32 Å². The van der Waals surface area contributed by atoms with Gasteiger partial charge in [-0.25, -0.2) is 4.98 Å². The molecule has 0 saturated heterocycles. The van der Waals surface area contributed by atoms with E-state index >= 15 is 0 Å². The summed E-state index contributed by atoms with van der Waals surface area (Å²) in [5.41, 5.74) is 1.46. The second kappa shape index (κ2) is 5.30. The molecule has 0 saturated carbocycles. The van der Waals surface area contributed by atoms with Crippen molar-refractivity contribution < 1.29 is 4.79 Å². The maximum Gasteiger partial charge on any atom is 0.255 e. The number of halogens is 1. The van der Waals surface area contributed by atoms with Crippen LogP contribution in [-0.2, 0) is 0 Å². The molecule has 1 aromatic carbocycles. The fourth-order valence-electron chi connectivity index (χ4n) is 1.41. The van der Waals surface area contributed by atoms with Crippen LogP contribution in [0.15, 0.2) is 42.6 Å². The number of anilines is 1. The Hall–Kier alpha value is -2.38. The Kier molecular flexibility index (Phi) is 3.56. The van der Waals surface area contributed by atoms with E-state index in [2.05, 4.69) is 10.3 Å². The highest BCUT2D eigenvalue weighted by molar-refractivity contribution is 6.29. The van der Waals surface area contributed by atoms with E-state index in [1.165, 1.54) is 12.3 Å². The molecular weight excluding hydrogens is 250 g/mol. The zero-order chi connectivity index (χ0) is 13.0. The number of nitriles is 1. The van der Waals surface area contributed by atoms with Crippen LogP contribution in [0, 0.1) is 11.3 Å². The van der Waals surface area contributed by atoms with Crippen molar-refractivity contribution in [1.82, 2.24) is 4.98 Å². The fraction of sp³-hybridized carbons (Fsp3) is 0. The molecule has 0 fully saturated rings. The number of hydrogen-bond donors (Lipinski definition) is 1. The van der Waals surface area contributed by atoms with Crippen molar-refractivity contribution in [2.45, 2.75) is 0 Å². The van der Waals surface area contributed by atoms with Gasteiger partial charge in [-0.2, -0.15) is 5.26 Å². The predicted molar refractivity (Wildman–Crippen MR) is 68.4 cm³/mol. The van der Waals surface area contributed by atoms with Gasteiger partial charge >= 0.3 is 0 Å². The van der Waals surface area contributed by atoms with Crippen LogP contribution >= 0.6 is 11.6 Å². The summed E-state index contributed by atoms with van der Waals surface area (Å²) in [5, 5.41) is 11.7. The average Bonchev–Trinajstić information content (AvgIpc) is 2.39. The maximum absolute atomic E-state index is 11.9. The molecule has 0 aliphatic rings. The Morgan fingerprint density at radius 1 is 1.33 bits per heavy atom. The van der Waals surface area contributed by atoms with E-state index in [9.17, 15) is 4.79 Å². The predicted octanol–water partition coefficient (Wildman–Crippen LogP) is 2.86. The van der Waals surface area contributed by atoms with Crippen LogP contribution in [0.1, 0.15) is 15.9 Å². The van der Waals surface area contributed by atoms with E-state index in [1.807, 2.05) is 6.07 Å². The van der Waals surface area contributed by atoms with Crippen molar-refractivity contribution >= 4 is 23.2 Å². The largest absolute Gasteiger partial charge is 0.322 e. The van der Waals surface area contributed by atoms with Crippen LogP contribution in [0.5, 0.6) is 0 Å². The molecule has 0 aliphatic heterocycles. The average molecular weight is 258 g/mol. The Balaban J connectivity index is 2.19. The molecule has 5 heteroatoms. The Labute approximate surface area is 109 Å². The zero-order valence-corrected chi connectivity index (χ0v) is 9.98. The van der Waals surface area contributed by atoms with Crippen molar-refractivity contribution in [2.75, 3.05) is 5.32 Å². The van der Waals surface area contributed by atoms with Crippen LogP contribution in [0.3, 0.4) is 0 Å². The van der Waals surface area contributed by atoms with Gasteiger partial charge in [-0.1, -0.05) is 17.7 Å². The third kappa shape index (κ3) is 2.84. The molecule has 1 aromatic heterocycles. The first kappa shape index (κ1) is 12.1. The second-order valence-electron chi connectivity index (χ2n) is 3.51. The Morgan fingerprint density at radius 3 is 2.89 bits per heavy atom. The summed E-state index contributed by atoms with van der Waals surface area (Å²) < 4.78 is 0. The third-order valence-electron chi connectivity index (χ3n) is 2.24. The van der Waals surface area contributed by atoms with E-state index in [1.54, 1.807) is 30.3 Å². The number of rotatable bonds is 2. The lowest BCUT2D eigenvalue weighted by Crippen LogP contribution is -2.11. The van der Waals surface area contributed by atoms with Crippen LogP contribution in [0.2, 0.25) is 5.15 Å². The quantitative estimate of drug-likeness (QED) is 0.842. The molecule has 0 unspecified atom stereocenters. The molecule has 2 aromatic rings. The third-order valence-corrected chi connectivity index (χ3v) is 2.44. The van der Waals surface area contributed by atoms with Crippen molar-refractivity contribution in [3.63, 3.8) is 0 Å². The summed E-state index contributed by atoms with van der Waals surface area (Å²) in [6, 6.07) is 11.7. The number of nitrogens with one attached hydrogen (secondary N) is 1. The number of pyridine rings is 1. The molecule has 1 heterocycles. The lowest BCUT2D eigenvalue weighted by molar-refractivity contribution is 0.102. The van der Waals surface area contributed by atoms with E-state index in [-0.39, 0.29) is 11.1 Å². The van der Waals surface area contributed by atoms with Gasteiger partial charge in [0, 0.05) is 17.4 Å². The number of nitrogens with zero attached hydrogens (tertiary/aromatic N) is 2. The molecule has 0 radical (unpaired) electrons. The molecule has 0 aliphatic carbocycles. The van der Waals surface area contributed by atoms with Crippen molar-refractivity contribution in [1.29, 1.82) is 5.26 Å². The van der Waals surface area contributed by atoms with Gasteiger partial charge in [0.25, 0.3) is 5.91 Å². The molecule has 0 atom stereocenters. The highest BCUT2D eigenvalue weighted by Crippen LogP contribution is 2.13. The molecular formula is C13H8ClN3O. The first-order valence-corrected chi connectivity index (χ1v) is 5.50. The SMILES string of the molecule is N#Cc1cccc(NC(=O)c2ccnc(Cl)c2)c1. The van der Waals surface area contributed by atoms with Crippen LogP contribution in [-0.4, -0.2) is 10.9 Å². The minimum absolute atomic E-state index is 0.258. The smallest absolute Gasteiger partial charge is 0.255 e. The van der Waals surface area contributed by atoms with Crippen LogP contribution in [0.4, 0.5) is 5.69 Å². The van der Waals surface area contributed by atoms with Gasteiger partial charge in [0.15, 0.2) is 0 Å². The van der Waals surface area contributed by atoms with Gasteiger partial charge in [0.2, 0.25) is 0 Å². The standard InChI is InChI=1S/C13H8ClN3O/c14-12-7-10(4-5-16-12)13(18)17-11-3-1-2-9(6-11)8-15/h1-7H,(H,17,18). The lowest BCUT2D eigenvalue weighted by atomic mass is 10.2. The monoisotopic (exact) mass is 257 g/mol. The van der Waals surface area contributed by atoms with Gasteiger partial charge in [-0.05, 0) is 30.3 Å². The van der Waals surface area contributed by atoms with E-state index < -0.39 is 0 Å². The highest BCUT2D eigenvalue weighted by Gasteiger charge is 2.07. The summed E-state index contributed by atoms with van der Waals surface area (Å²) in [4.78, 5) is 15.7. The Morgan fingerprint density at radius 2 is 2.17 bits per heavy atom. The normalized spacial score (nSPS) is 9.56. The van der Waals surface area contributed by atoms with Crippen LogP contribution in [0.25, 0.3) is 0 Å². The Bertz CT molecular complexity index is 634. The van der Waals surface area contributed by atoms with E-state index in [0.717, 1.165) is 0 Å². The minimum atomic E-state index is -0.297. The maximum atomic E-state index is 11.9. The molecule has 18 heavy (non-hydrogen) atoms. The summed E-state index contributed by atoms with van der Waals surface area (Å²) in [5.74, 6) is -0.297. The zero-order valence-electron chi connectivity index (χ0n) is 9.22. The van der Waals surface area contributed by atoms with Crippen molar-refractivity contribution in [3.8, 4) is 6.07 Å². The number of hydrogen-bond acceptors (Lipinski definition) is 3.